The van der Waals surface area contributed by atoms with Crippen molar-refractivity contribution in [2.75, 3.05) is 20.0 Å². The molecule has 3 fully saturated rings. The fraction of sp³-hybridized carbons (Fsp3) is 1.00. The minimum atomic E-state index is 0.446. The Morgan fingerprint density at radius 1 is 1.17 bits per heavy atom. The molecular weight excluding hydrogens is 152 g/mol. The minimum Gasteiger partial charge on any atom is -0.355 e. The summed E-state index contributed by atoms with van der Waals surface area (Å²) in [5, 5.41) is 0. The quantitative estimate of drug-likeness (QED) is 0.549. The fourth-order valence-electron chi connectivity index (χ4n) is 3.17. The van der Waals surface area contributed by atoms with E-state index in [9.17, 15) is 0 Å². The van der Waals surface area contributed by atoms with Crippen molar-refractivity contribution in [2.24, 2.45) is 17.3 Å². The highest BCUT2D eigenvalue weighted by Gasteiger charge is 2.55. The van der Waals surface area contributed by atoms with E-state index in [0.29, 0.717) is 12.2 Å². The molecule has 2 aliphatic carbocycles. The summed E-state index contributed by atoms with van der Waals surface area (Å²) >= 11 is 0. The van der Waals surface area contributed by atoms with Crippen molar-refractivity contribution in [3.63, 3.8) is 0 Å². The molecule has 2 unspecified atom stereocenters. The minimum absolute atomic E-state index is 0.446. The molecule has 0 aromatic rings. The number of hydrogen-bond donors (Lipinski definition) is 0. The zero-order valence-electron chi connectivity index (χ0n) is 7.42. The maximum absolute atomic E-state index is 5.44. The van der Waals surface area contributed by atoms with Crippen LogP contribution in [0.4, 0.5) is 0 Å². The van der Waals surface area contributed by atoms with Crippen molar-refractivity contribution in [3.8, 4) is 0 Å². The van der Waals surface area contributed by atoms with Crippen LogP contribution in [0.2, 0.25) is 0 Å². The van der Waals surface area contributed by atoms with Gasteiger partial charge in [-0.1, -0.05) is 12.8 Å². The summed E-state index contributed by atoms with van der Waals surface area (Å²) in [6, 6.07) is 0. The molecule has 1 aliphatic heterocycles. The van der Waals surface area contributed by atoms with Crippen molar-refractivity contribution in [1.29, 1.82) is 0 Å². The molecule has 1 heterocycles. The van der Waals surface area contributed by atoms with Crippen LogP contribution in [-0.2, 0) is 9.47 Å². The summed E-state index contributed by atoms with van der Waals surface area (Å²) in [5.74, 6) is 1.98. The first-order valence-electron chi connectivity index (χ1n) is 5.06. The summed E-state index contributed by atoms with van der Waals surface area (Å²) in [6.07, 6.45) is 5.65. The second kappa shape index (κ2) is 2.46. The SMILES string of the molecule is C1CC2CC2C2(C1)COCOC2. The summed E-state index contributed by atoms with van der Waals surface area (Å²) in [4.78, 5) is 0. The van der Waals surface area contributed by atoms with Gasteiger partial charge in [0.1, 0.15) is 6.79 Å². The molecule has 2 atom stereocenters. The van der Waals surface area contributed by atoms with Crippen LogP contribution in [0.25, 0.3) is 0 Å². The molecule has 3 rings (SSSR count). The maximum Gasteiger partial charge on any atom is 0.146 e. The Hall–Kier alpha value is -0.0800. The first kappa shape index (κ1) is 7.34. The highest BCUT2D eigenvalue weighted by Crippen LogP contribution is 2.60. The molecule has 1 saturated heterocycles. The fourth-order valence-corrected chi connectivity index (χ4v) is 3.17. The predicted octanol–water partition coefficient (Wildman–Crippen LogP) is 1.80. The van der Waals surface area contributed by atoms with Gasteiger partial charge in [0.05, 0.1) is 13.2 Å². The van der Waals surface area contributed by atoms with Gasteiger partial charge in [0.2, 0.25) is 0 Å². The molecule has 12 heavy (non-hydrogen) atoms. The van der Waals surface area contributed by atoms with Gasteiger partial charge in [0.25, 0.3) is 0 Å². The van der Waals surface area contributed by atoms with Crippen molar-refractivity contribution in [2.45, 2.75) is 25.7 Å². The largest absolute Gasteiger partial charge is 0.355 e. The molecule has 0 radical (unpaired) electrons. The van der Waals surface area contributed by atoms with E-state index >= 15 is 0 Å². The number of rotatable bonds is 0. The molecular formula is C10H16O2. The van der Waals surface area contributed by atoms with Crippen LogP contribution >= 0.6 is 0 Å². The summed E-state index contributed by atoms with van der Waals surface area (Å²) in [5.41, 5.74) is 0.446. The lowest BCUT2D eigenvalue weighted by atomic mass is 9.74. The predicted molar refractivity (Wildman–Crippen MR) is 44.7 cm³/mol. The van der Waals surface area contributed by atoms with Crippen LogP contribution in [0.15, 0.2) is 0 Å². The van der Waals surface area contributed by atoms with E-state index in [1.807, 2.05) is 0 Å². The van der Waals surface area contributed by atoms with Crippen LogP contribution in [-0.4, -0.2) is 20.0 Å². The molecule has 2 heteroatoms. The highest BCUT2D eigenvalue weighted by atomic mass is 16.7. The lowest BCUT2D eigenvalue weighted by Crippen LogP contribution is -2.41. The Kier molecular flexibility index (Phi) is 1.50. The Labute approximate surface area is 73.2 Å². The molecule has 0 aromatic heterocycles. The Balaban J connectivity index is 1.78. The zero-order valence-corrected chi connectivity index (χ0v) is 7.42. The van der Waals surface area contributed by atoms with Crippen LogP contribution in [0.1, 0.15) is 25.7 Å². The average Bonchev–Trinajstić information content (AvgIpc) is 2.87. The van der Waals surface area contributed by atoms with Gasteiger partial charge >= 0.3 is 0 Å². The Morgan fingerprint density at radius 3 is 2.83 bits per heavy atom. The van der Waals surface area contributed by atoms with Gasteiger partial charge in [-0.3, -0.25) is 0 Å². The molecule has 0 amide bonds. The molecule has 1 spiro atoms. The topological polar surface area (TPSA) is 18.5 Å². The van der Waals surface area contributed by atoms with Gasteiger partial charge in [-0.15, -0.1) is 0 Å². The van der Waals surface area contributed by atoms with Gasteiger partial charge in [-0.2, -0.15) is 0 Å². The Morgan fingerprint density at radius 2 is 2.00 bits per heavy atom. The van der Waals surface area contributed by atoms with Gasteiger partial charge in [0.15, 0.2) is 0 Å². The molecule has 68 valence electrons. The molecule has 0 bridgehead atoms. The normalized spacial score (nSPS) is 44.0. The highest BCUT2D eigenvalue weighted by molar-refractivity contribution is 5.04. The second-order valence-corrected chi connectivity index (χ2v) is 4.67. The molecule has 3 aliphatic rings. The Bertz CT molecular complexity index is 179. The van der Waals surface area contributed by atoms with E-state index in [0.717, 1.165) is 25.0 Å². The maximum atomic E-state index is 5.44. The summed E-state index contributed by atoms with van der Waals surface area (Å²) in [7, 11) is 0. The standard InChI is InChI=1S/C10H16O2/c1-2-8-4-9(8)10(3-1)5-11-7-12-6-10/h8-9H,1-7H2. The van der Waals surface area contributed by atoms with Crippen molar-refractivity contribution >= 4 is 0 Å². The van der Waals surface area contributed by atoms with Crippen LogP contribution in [0, 0.1) is 17.3 Å². The van der Waals surface area contributed by atoms with E-state index < -0.39 is 0 Å². The van der Waals surface area contributed by atoms with E-state index in [-0.39, 0.29) is 0 Å². The third kappa shape index (κ3) is 0.944. The van der Waals surface area contributed by atoms with E-state index in [2.05, 4.69) is 0 Å². The lowest BCUT2D eigenvalue weighted by molar-refractivity contribution is -0.178. The van der Waals surface area contributed by atoms with E-state index in [1.165, 1.54) is 25.7 Å². The number of hydrogen-bond acceptors (Lipinski definition) is 2. The van der Waals surface area contributed by atoms with Crippen molar-refractivity contribution in [1.82, 2.24) is 0 Å². The third-order valence-corrected chi connectivity index (χ3v) is 3.90. The van der Waals surface area contributed by atoms with Crippen LogP contribution in [0.3, 0.4) is 0 Å². The smallest absolute Gasteiger partial charge is 0.146 e. The van der Waals surface area contributed by atoms with Gasteiger partial charge in [0, 0.05) is 5.41 Å². The van der Waals surface area contributed by atoms with E-state index in [4.69, 9.17) is 9.47 Å². The second-order valence-electron chi connectivity index (χ2n) is 4.67. The third-order valence-electron chi connectivity index (χ3n) is 3.90. The van der Waals surface area contributed by atoms with Gasteiger partial charge < -0.3 is 9.47 Å². The number of fused-ring (bicyclic) bond motifs is 2. The van der Waals surface area contributed by atoms with Gasteiger partial charge in [-0.05, 0) is 24.7 Å². The first-order valence-corrected chi connectivity index (χ1v) is 5.06. The van der Waals surface area contributed by atoms with Crippen molar-refractivity contribution < 1.29 is 9.47 Å². The molecule has 2 saturated carbocycles. The molecule has 0 N–H and O–H groups in total. The number of ether oxygens (including phenoxy) is 2. The molecule has 0 aromatic carbocycles. The van der Waals surface area contributed by atoms with E-state index in [1.54, 1.807) is 0 Å². The summed E-state index contributed by atoms with van der Waals surface area (Å²) in [6.45, 7) is 2.46. The average molecular weight is 168 g/mol. The molecule has 2 nitrogen and oxygen atoms in total. The van der Waals surface area contributed by atoms with Gasteiger partial charge in [-0.25, -0.2) is 0 Å². The summed E-state index contributed by atoms with van der Waals surface area (Å²) < 4.78 is 10.9. The zero-order chi connectivity index (χ0) is 8.02. The van der Waals surface area contributed by atoms with Crippen LogP contribution < -0.4 is 0 Å². The van der Waals surface area contributed by atoms with Crippen LogP contribution in [0.5, 0.6) is 0 Å². The first-order chi connectivity index (χ1) is 5.91. The lowest BCUT2D eigenvalue weighted by Gasteiger charge is -2.39. The van der Waals surface area contributed by atoms with Crippen molar-refractivity contribution in [3.05, 3.63) is 0 Å². The monoisotopic (exact) mass is 168 g/mol.